The summed E-state index contributed by atoms with van der Waals surface area (Å²) in [6, 6.07) is 0. The SMILES string of the molecule is CC(C)(I)C(=O)OC1(C(F)(F)C(=O)O)CCCC1. The van der Waals surface area contributed by atoms with Gasteiger partial charge in [-0.1, -0.05) is 22.6 Å². The predicted molar refractivity (Wildman–Crippen MR) is 68.0 cm³/mol. The zero-order chi connectivity index (χ0) is 14.2. The van der Waals surface area contributed by atoms with Crippen LogP contribution >= 0.6 is 22.6 Å². The molecule has 104 valence electrons. The van der Waals surface area contributed by atoms with Crippen molar-refractivity contribution in [1.82, 2.24) is 0 Å². The van der Waals surface area contributed by atoms with Crippen LogP contribution in [-0.2, 0) is 14.3 Å². The molecule has 7 heteroatoms. The first-order valence-corrected chi connectivity index (χ1v) is 6.64. The van der Waals surface area contributed by atoms with E-state index in [1.807, 2.05) is 0 Å². The van der Waals surface area contributed by atoms with Crippen molar-refractivity contribution >= 4 is 34.5 Å². The topological polar surface area (TPSA) is 63.6 Å². The fraction of sp³-hybridized carbons (Fsp3) is 0.818. The van der Waals surface area contributed by atoms with Crippen LogP contribution in [0.5, 0.6) is 0 Å². The zero-order valence-corrected chi connectivity index (χ0v) is 12.3. The highest BCUT2D eigenvalue weighted by Crippen LogP contribution is 2.46. The van der Waals surface area contributed by atoms with E-state index in [0.29, 0.717) is 12.8 Å². The van der Waals surface area contributed by atoms with E-state index in [1.165, 1.54) is 13.8 Å². The molecule has 0 unspecified atom stereocenters. The highest BCUT2D eigenvalue weighted by molar-refractivity contribution is 14.1. The molecule has 0 radical (unpaired) electrons. The highest BCUT2D eigenvalue weighted by Gasteiger charge is 2.63. The Balaban J connectivity index is 3.03. The third kappa shape index (κ3) is 2.75. The lowest BCUT2D eigenvalue weighted by Gasteiger charge is -2.35. The van der Waals surface area contributed by atoms with E-state index in [2.05, 4.69) is 0 Å². The quantitative estimate of drug-likeness (QED) is 0.466. The van der Waals surface area contributed by atoms with Crippen LogP contribution in [0.25, 0.3) is 0 Å². The largest absolute Gasteiger partial charge is 0.477 e. The summed E-state index contributed by atoms with van der Waals surface area (Å²) in [6.45, 7) is 3.05. The molecule has 1 aliphatic rings. The molecule has 0 amide bonds. The van der Waals surface area contributed by atoms with Gasteiger partial charge >= 0.3 is 17.9 Å². The van der Waals surface area contributed by atoms with Gasteiger partial charge in [0.25, 0.3) is 0 Å². The van der Waals surface area contributed by atoms with Crippen molar-refractivity contribution in [2.24, 2.45) is 0 Å². The Morgan fingerprint density at radius 1 is 1.28 bits per heavy atom. The molecule has 1 N–H and O–H groups in total. The molecule has 18 heavy (non-hydrogen) atoms. The Morgan fingerprint density at radius 2 is 1.72 bits per heavy atom. The van der Waals surface area contributed by atoms with Gasteiger partial charge in [0, 0.05) is 0 Å². The van der Waals surface area contributed by atoms with Crippen molar-refractivity contribution in [2.75, 3.05) is 0 Å². The molecule has 0 spiro atoms. The van der Waals surface area contributed by atoms with Crippen LogP contribution in [0.15, 0.2) is 0 Å². The first-order chi connectivity index (χ1) is 8.03. The molecular formula is C11H15F2IO4. The smallest absolute Gasteiger partial charge is 0.381 e. The first kappa shape index (κ1) is 15.6. The average molecular weight is 376 g/mol. The molecule has 1 aliphatic carbocycles. The van der Waals surface area contributed by atoms with E-state index in [4.69, 9.17) is 9.84 Å². The number of carboxylic acid groups (broad SMARTS) is 1. The van der Waals surface area contributed by atoms with E-state index < -0.39 is 26.9 Å². The lowest BCUT2D eigenvalue weighted by Crippen LogP contribution is -2.55. The number of aliphatic carboxylic acids is 1. The molecule has 0 aromatic carbocycles. The van der Waals surface area contributed by atoms with E-state index >= 15 is 0 Å². The summed E-state index contributed by atoms with van der Waals surface area (Å²) >= 11 is 1.77. The van der Waals surface area contributed by atoms with Gasteiger partial charge in [-0.2, -0.15) is 8.78 Å². The number of carboxylic acids is 1. The maximum Gasteiger partial charge on any atom is 0.381 e. The van der Waals surface area contributed by atoms with Gasteiger partial charge in [-0.05, 0) is 39.5 Å². The lowest BCUT2D eigenvalue weighted by molar-refractivity contribution is -0.222. The average Bonchev–Trinajstić information content (AvgIpc) is 2.66. The van der Waals surface area contributed by atoms with Gasteiger partial charge in [-0.25, -0.2) is 4.79 Å². The minimum absolute atomic E-state index is 0.120. The molecule has 1 saturated carbocycles. The molecule has 0 saturated heterocycles. The van der Waals surface area contributed by atoms with Crippen molar-refractivity contribution in [1.29, 1.82) is 0 Å². The van der Waals surface area contributed by atoms with E-state index in [0.717, 1.165) is 0 Å². The number of esters is 1. The first-order valence-electron chi connectivity index (χ1n) is 5.56. The minimum atomic E-state index is -4.05. The van der Waals surface area contributed by atoms with Crippen molar-refractivity contribution in [3.05, 3.63) is 0 Å². The summed E-state index contributed by atoms with van der Waals surface area (Å²) in [4.78, 5) is 22.4. The molecule has 4 nitrogen and oxygen atoms in total. The van der Waals surface area contributed by atoms with Crippen LogP contribution in [0.3, 0.4) is 0 Å². The Hall–Kier alpha value is -0.470. The number of rotatable bonds is 4. The molecule has 1 rings (SSSR count). The van der Waals surface area contributed by atoms with Crippen LogP contribution in [0.1, 0.15) is 39.5 Å². The molecule has 0 aromatic rings. The second kappa shape index (κ2) is 4.90. The second-order valence-corrected chi connectivity index (χ2v) is 7.64. The number of ether oxygens (including phenoxy) is 1. The number of alkyl halides is 3. The molecule has 0 aromatic heterocycles. The summed E-state index contributed by atoms with van der Waals surface area (Å²) < 4.78 is 31.5. The van der Waals surface area contributed by atoms with E-state index in [9.17, 15) is 18.4 Å². The fourth-order valence-electron chi connectivity index (χ4n) is 1.92. The van der Waals surface area contributed by atoms with Crippen LogP contribution in [0.4, 0.5) is 8.78 Å². The maximum atomic E-state index is 13.8. The van der Waals surface area contributed by atoms with Crippen LogP contribution in [-0.4, -0.2) is 32.0 Å². The van der Waals surface area contributed by atoms with Crippen LogP contribution < -0.4 is 0 Å². The van der Waals surface area contributed by atoms with Gasteiger partial charge in [-0.3, -0.25) is 4.79 Å². The Kier molecular flexibility index (Phi) is 4.24. The number of carbonyl (C=O) groups is 2. The molecule has 0 heterocycles. The summed E-state index contributed by atoms with van der Waals surface area (Å²) in [5, 5.41) is 8.64. The highest BCUT2D eigenvalue weighted by atomic mass is 127. The molecule has 1 fully saturated rings. The Labute approximate surface area is 117 Å². The van der Waals surface area contributed by atoms with Crippen LogP contribution in [0, 0.1) is 0 Å². The number of hydrogen-bond acceptors (Lipinski definition) is 3. The summed E-state index contributed by atoms with van der Waals surface area (Å²) in [6.07, 6.45) is 0.616. The van der Waals surface area contributed by atoms with Crippen LogP contribution in [0.2, 0.25) is 0 Å². The van der Waals surface area contributed by atoms with Gasteiger partial charge in [0.2, 0.25) is 0 Å². The van der Waals surface area contributed by atoms with Gasteiger partial charge in [-0.15, -0.1) is 0 Å². The maximum absolute atomic E-state index is 13.8. The molecule has 0 atom stereocenters. The Bertz CT molecular complexity index is 357. The van der Waals surface area contributed by atoms with Gasteiger partial charge in [0.05, 0.1) is 0 Å². The molecular weight excluding hydrogens is 361 g/mol. The summed E-state index contributed by atoms with van der Waals surface area (Å²) in [5.74, 6) is -7.12. The number of halogens is 3. The van der Waals surface area contributed by atoms with Gasteiger partial charge in [0.15, 0.2) is 5.60 Å². The molecule has 0 bridgehead atoms. The van der Waals surface area contributed by atoms with Crippen molar-refractivity contribution in [3.8, 4) is 0 Å². The lowest BCUT2D eigenvalue weighted by atomic mass is 9.93. The van der Waals surface area contributed by atoms with Gasteiger partial charge < -0.3 is 9.84 Å². The Morgan fingerprint density at radius 3 is 2.06 bits per heavy atom. The zero-order valence-electron chi connectivity index (χ0n) is 10.1. The van der Waals surface area contributed by atoms with Crippen molar-refractivity contribution in [3.63, 3.8) is 0 Å². The number of hydrogen-bond donors (Lipinski definition) is 1. The summed E-state index contributed by atoms with van der Waals surface area (Å²) in [7, 11) is 0. The fourth-order valence-corrected chi connectivity index (χ4v) is 2.03. The van der Waals surface area contributed by atoms with Crippen molar-refractivity contribution < 1.29 is 28.2 Å². The van der Waals surface area contributed by atoms with Gasteiger partial charge in [0.1, 0.15) is 3.42 Å². The summed E-state index contributed by atoms with van der Waals surface area (Å²) in [5.41, 5.74) is -2.20. The normalized spacial score (nSPS) is 19.6. The van der Waals surface area contributed by atoms with E-state index in [1.54, 1.807) is 22.6 Å². The third-order valence-electron chi connectivity index (χ3n) is 3.03. The van der Waals surface area contributed by atoms with E-state index in [-0.39, 0.29) is 12.8 Å². The monoisotopic (exact) mass is 376 g/mol. The van der Waals surface area contributed by atoms with Crippen molar-refractivity contribution in [2.45, 2.75) is 54.5 Å². The molecule has 0 aliphatic heterocycles. The number of carbonyl (C=O) groups excluding carboxylic acids is 1. The second-order valence-electron chi connectivity index (χ2n) is 4.94. The third-order valence-corrected chi connectivity index (χ3v) is 3.47. The minimum Gasteiger partial charge on any atom is -0.477 e. The predicted octanol–water partition coefficient (Wildman–Crippen LogP) is 2.78. The standard InChI is InChI=1S/C11H15F2IO4/c1-9(2,14)8(17)18-10(5-3-4-6-10)11(12,13)7(15)16/h3-6H2,1-2H3,(H,15,16).